The Kier molecular flexibility index (Phi) is 3.96. The van der Waals surface area contributed by atoms with Gasteiger partial charge in [-0.3, -0.25) is 0 Å². The largest absolute Gasteiger partial charge is 0.472 e. The molecule has 0 aromatic carbocycles. The molecule has 0 spiro atoms. The zero-order valence-corrected chi connectivity index (χ0v) is 13.3. The van der Waals surface area contributed by atoms with E-state index in [0.29, 0.717) is 25.4 Å². The Bertz CT molecular complexity index is 720. The number of aromatic amines is 1. The lowest BCUT2D eigenvalue weighted by Gasteiger charge is -2.16. The Morgan fingerprint density at radius 3 is 3.05 bits per heavy atom. The summed E-state index contributed by atoms with van der Waals surface area (Å²) in [5, 5.41) is 0.0992. The van der Waals surface area contributed by atoms with Crippen LogP contribution in [0.4, 0.5) is 0 Å². The topological polar surface area (TPSA) is 88.2 Å². The van der Waals surface area contributed by atoms with Crippen LogP contribution in [0.3, 0.4) is 0 Å². The number of pyridine rings is 1. The smallest absolute Gasteiger partial charge is 0.260 e. The van der Waals surface area contributed by atoms with Crippen molar-refractivity contribution in [2.24, 2.45) is 0 Å². The zero-order chi connectivity index (χ0) is 14.9. The van der Waals surface area contributed by atoms with E-state index in [1.165, 1.54) is 16.8 Å². The summed E-state index contributed by atoms with van der Waals surface area (Å²) in [6.07, 6.45) is 4.69. The molecule has 7 nitrogen and oxygen atoms in total. The van der Waals surface area contributed by atoms with Crippen LogP contribution in [-0.2, 0) is 10.0 Å². The van der Waals surface area contributed by atoms with E-state index in [1.54, 1.807) is 12.3 Å². The first-order valence-corrected chi connectivity index (χ1v) is 8.56. The number of rotatable bonds is 4. The molecular weight excluding hydrogens is 360 g/mol. The molecule has 1 unspecified atom stereocenters. The minimum Gasteiger partial charge on any atom is -0.472 e. The van der Waals surface area contributed by atoms with Crippen LogP contribution in [-0.4, -0.2) is 46.9 Å². The third kappa shape index (κ3) is 2.94. The summed E-state index contributed by atoms with van der Waals surface area (Å²) in [6, 6.07) is 3.62. The lowest BCUT2D eigenvalue weighted by Crippen LogP contribution is -2.31. The molecule has 0 aliphatic carbocycles. The van der Waals surface area contributed by atoms with Crippen LogP contribution in [0.15, 0.2) is 40.4 Å². The van der Waals surface area contributed by atoms with Crippen LogP contribution in [0.2, 0.25) is 0 Å². The fourth-order valence-corrected chi connectivity index (χ4v) is 3.88. The van der Waals surface area contributed by atoms with E-state index in [4.69, 9.17) is 4.74 Å². The summed E-state index contributed by atoms with van der Waals surface area (Å²) in [5.41, 5.74) is 0. The Labute approximate surface area is 130 Å². The molecule has 1 N–H and O–H groups in total. The van der Waals surface area contributed by atoms with E-state index in [1.807, 2.05) is 6.07 Å². The minimum absolute atomic E-state index is 0.0992. The van der Waals surface area contributed by atoms with Crippen molar-refractivity contribution in [1.29, 1.82) is 0 Å². The van der Waals surface area contributed by atoms with Crippen molar-refractivity contribution in [2.75, 3.05) is 13.1 Å². The van der Waals surface area contributed by atoms with Crippen molar-refractivity contribution in [1.82, 2.24) is 19.3 Å². The fourth-order valence-electron chi connectivity index (χ4n) is 2.15. The van der Waals surface area contributed by atoms with Gasteiger partial charge in [0.25, 0.3) is 10.0 Å². The van der Waals surface area contributed by atoms with Crippen molar-refractivity contribution in [3.05, 3.63) is 35.3 Å². The number of nitrogens with one attached hydrogen (secondary N) is 1. The van der Waals surface area contributed by atoms with Gasteiger partial charge in [0.15, 0.2) is 5.03 Å². The first-order chi connectivity index (χ1) is 10.1. The molecule has 9 heteroatoms. The van der Waals surface area contributed by atoms with Gasteiger partial charge >= 0.3 is 0 Å². The summed E-state index contributed by atoms with van der Waals surface area (Å²) in [4.78, 5) is 10.5. The first kappa shape index (κ1) is 14.5. The average molecular weight is 373 g/mol. The SMILES string of the molecule is O=S(=O)(c1cnc[nH]1)N1CCC(Oc2ncccc2Br)C1. The predicted molar refractivity (Wildman–Crippen MR) is 78.3 cm³/mol. The number of imidazole rings is 1. The Morgan fingerprint density at radius 1 is 1.48 bits per heavy atom. The van der Waals surface area contributed by atoms with Gasteiger partial charge in [0.05, 0.1) is 23.5 Å². The summed E-state index contributed by atoms with van der Waals surface area (Å²) in [6.45, 7) is 0.709. The molecule has 112 valence electrons. The quantitative estimate of drug-likeness (QED) is 0.876. The van der Waals surface area contributed by atoms with Crippen molar-refractivity contribution in [2.45, 2.75) is 17.6 Å². The third-order valence-corrected chi connectivity index (χ3v) is 5.60. The van der Waals surface area contributed by atoms with E-state index >= 15 is 0 Å². The number of sulfonamides is 1. The van der Waals surface area contributed by atoms with Gasteiger partial charge in [0.2, 0.25) is 5.88 Å². The maximum Gasteiger partial charge on any atom is 0.260 e. The van der Waals surface area contributed by atoms with Crippen molar-refractivity contribution in [3.8, 4) is 5.88 Å². The molecule has 1 aliphatic heterocycles. The molecule has 0 amide bonds. The maximum atomic E-state index is 12.3. The highest BCUT2D eigenvalue weighted by Gasteiger charge is 2.34. The van der Waals surface area contributed by atoms with E-state index in [2.05, 4.69) is 30.9 Å². The number of aromatic nitrogens is 3. The molecule has 1 fully saturated rings. The molecular formula is C12H13BrN4O3S. The van der Waals surface area contributed by atoms with Gasteiger partial charge in [-0.15, -0.1) is 0 Å². The second-order valence-electron chi connectivity index (χ2n) is 4.60. The van der Waals surface area contributed by atoms with Crippen LogP contribution in [0.1, 0.15) is 6.42 Å². The third-order valence-electron chi connectivity index (χ3n) is 3.20. The Morgan fingerprint density at radius 2 is 2.33 bits per heavy atom. The van der Waals surface area contributed by atoms with Gasteiger partial charge in [-0.05, 0) is 34.5 Å². The molecule has 1 atom stereocenters. The van der Waals surface area contributed by atoms with Crippen LogP contribution < -0.4 is 4.74 Å². The highest BCUT2D eigenvalue weighted by atomic mass is 79.9. The highest BCUT2D eigenvalue weighted by molar-refractivity contribution is 9.10. The highest BCUT2D eigenvalue weighted by Crippen LogP contribution is 2.26. The number of ether oxygens (including phenoxy) is 1. The first-order valence-electron chi connectivity index (χ1n) is 6.33. The number of hydrogen-bond acceptors (Lipinski definition) is 5. The molecule has 21 heavy (non-hydrogen) atoms. The lowest BCUT2D eigenvalue weighted by atomic mass is 10.3. The van der Waals surface area contributed by atoms with Crippen LogP contribution in [0.5, 0.6) is 5.88 Å². The van der Waals surface area contributed by atoms with Crippen molar-refractivity contribution in [3.63, 3.8) is 0 Å². The van der Waals surface area contributed by atoms with Gasteiger partial charge in [-0.2, -0.15) is 4.31 Å². The summed E-state index contributed by atoms with van der Waals surface area (Å²) < 4.78 is 32.6. The monoisotopic (exact) mass is 372 g/mol. The maximum absolute atomic E-state index is 12.3. The van der Waals surface area contributed by atoms with Gasteiger partial charge < -0.3 is 9.72 Å². The number of nitrogens with zero attached hydrogens (tertiary/aromatic N) is 3. The van der Waals surface area contributed by atoms with Crippen LogP contribution in [0.25, 0.3) is 0 Å². The average Bonchev–Trinajstić information content (AvgIpc) is 3.12. The molecule has 0 radical (unpaired) electrons. The van der Waals surface area contributed by atoms with Gasteiger partial charge in [-0.1, -0.05) is 0 Å². The molecule has 3 rings (SSSR count). The molecule has 3 heterocycles. The minimum atomic E-state index is -3.53. The van der Waals surface area contributed by atoms with Gasteiger partial charge in [-0.25, -0.2) is 18.4 Å². The number of H-pyrrole nitrogens is 1. The standard InChI is InChI=1S/C12H13BrN4O3S/c13-10-2-1-4-15-12(10)20-9-3-5-17(7-9)21(18,19)11-6-14-8-16-11/h1-2,4,6,8-9H,3,5,7H2,(H,14,16). The van der Waals surface area contributed by atoms with Gasteiger partial charge in [0, 0.05) is 12.7 Å². The second-order valence-corrected chi connectivity index (χ2v) is 7.36. The molecule has 1 aliphatic rings. The van der Waals surface area contributed by atoms with Crippen molar-refractivity contribution >= 4 is 26.0 Å². The molecule has 0 bridgehead atoms. The summed E-state index contributed by atoms with van der Waals surface area (Å²) in [5.74, 6) is 0.475. The van der Waals surface area contributed by atoms with Crippen LogP contribution >= 0.6 is 15.9 Å². The van der Waals surface area contributed by atoms with Crippen LogP contribution in [0, 0.1) is 0 Å². The normalized spacial score (nSPS) is 19.8. The lowest BCUT2D eigenvalue weighted by molar-refractivity contribution is 0.205. The fraction of sp³-hybridized carbons (Fsp3) is 0.333. The Balaban J connectivity index is 1.70. The molecule has 2 aromatic rings. The second kappa shape index (κ2) is 5.74. The van der Waals surface area contributed by atoms with E-state index < -0.39 is 10.0 Å². The predicted octanol–water partition coefficient (Wildman–Crippen LogP) is 1.41. The summed E-state index contributed by atoms with van der Waals surface area (Å²) >= 11 is 3.36. The van der Waals surface area contributed by atoms with E-state index in [-0.39, 0.29) is 11.1 Å². The molecule has 1 saturated heterocycles. The van der Waals surface area contributed by atoms with E-state index in [9.17, 15) is 8.42 Å². The number of hydrogen-bond donors (Lipinski definition) is 1. The molecule has 2 aromatic heterocycles. The van der Waals surface area contributed by atoms with Crippen molar-refractivity contribution < 1.29 is 13.2 Å². The Hall–Kier alpha value is -1.45. The number of halogens is 1. The van der Waals surface area contributed by atoms with Gasteiger partial charge in [0.1, 0.15) is 6.10 Å². The summed E-state index contributed by atoms with van der Waals surface area (Å²) in [7, 11) is -3.53. The zero-order valence-electron chi connectivity index (χ0n) is 10.9. The molecule has 0 saturated carbocycles. The van der Waals surface area contributed by atoms with E-state index in [0.717, 1.165) is 4.47 Å².